The number of likely N-dealkylation sites (N-methyl/N-ethyl adjacent to an activating group) is 1. The second-order valence-corrected chi connectivity index (χ2v) is 5.04. The number of carbonyl (C=O) groups is 1. The van der Waals surface area contributed by atoms with Crippen LogP contribution >= 0.6 is 0 Å². The van der Waals surface area contributed by atoms with Crippen LogP contribution in [0.1, 0.15) is 5.56 Å². The van der Waals surface area contributed by atoms with E-state index >= 15 is 0 Å². The van der Waals surface area contributed by atoms with Gasteiger partial charge in [-0.2, -0.15) is 0 Å². The number of rotatable bonds is 7. The summed E-state index contributed by atoms with van der Waals surface area (Å²) in [5.74, 6) is 1.82. The van der Waals surface area contributed by atoms with Gasteiger partial charge in [0.15, 0.2) is 18.1 Å². The highest BCUT2D eigenvalue weighted by Gasteiger charge is 2.12. The van der Waals surface area contributed by atoms with Crippen LogP contribution < -0.4 is 14.2 Å². The summed E-state index contributed by atoms with van der Waals surface area (Å²) in [7, 11) is 4.93. The van der Waals surface area contributed by atoms with Gasteiger partial charge < -0.3 is 19.1 Å². The Morgan fingerprint density at radius 3 is 2.43 bits per heavy atom. The van der Waals surface area contributed by atoms with Crippen molar-refractivity contribution >= 4 is 5.91 Å². The first-order chi connectivity index (χ1) is 11.1. The average molecular weight is 315 g/mol. The molecule has 1 amide bonds. The Hall–Kier alpha value is -2.69. The molecule has 0 aliphatic rings. The number of amides is 1. The van der Waals surface area contributed by atoms with Crippen LogP contribution in [0.25, 0.3) is 0 Å². The number of benzene rings is 2. The van der Waals surface area contributed by atoms with Gasteiger partial charge >= 0.3 is 0 Å². The van der Waals surface area contributed by atoms with E-state index in [0.29, 0.717) is 18.0 Å². The summed E-state index contributed by atoms with van der Waals surface area (Å²) >= 11 is 0. The number of hydrogen-bond donors (Lipinski definition) is 0. The lowest BCUT2D eigenvalue weighted by molar-refractivity contribution is -0.132. The van der Waals surface area contributed by atoms with E-state index in [0.717, 1.165) is 11.3 Å². The second-order valence-electron chi connectivity index (χ2n) is 5.04. The summed E-state index contributed by atoms with van der Waals surface area (Å²) in [6.07, 6.45) is 0. The number of methoxy groups -OCH3 is 2. The molecule has 122 valence electrons. The molecule has 0 N–H and O–H groups in total. The maximum absolute atomic E-state index is 12.2. The number of hydrogen-bond acceptors (Lipinski definition) is 4. The van der Waals surface area contributed by atoms with E-state index in [-0.39, 0.29) is 12.5 Å². The zero-order chi connectivity index (χ0) is 16.7. The molecule has 23 heavy (non-hydrogen) atoms. The molecule has 5 nitrogen and oxygen atoms in total. The lowest BCUT2D eigenvalue weighted by atomic mass is 10.2. The molecule has 0 saturated carbocycles. The Kier molecular flexibility index (Phi) is 5.86. The maximum Gasteiger partial charge on any atom is 0.260 e. The number of carbonyl (C=O) groups excluding carboxylic acids is 1. The monoisotopic (exact) mass is 315 g/mol. The highest BCUT2D eigenvalue weighted by Crippen LogP contribution is 2.25. The standard InChI is InChI=1S/C18H21NO4/c1-19(12-14-7-6-8-15(11-14)21-2)18(20)13-23-17-10-5-4-9-16(17)22-3/h4-11H,12-13H2,1-3H3. The van der Waals surface area contributed by atoms with E-state index in [9.17, 15) is 4.79 Å². The lowest BCUT2D eigenvalue weighted by Gasteiger charge is -2.18. The third-order valence-electron chi connectivity index (χ3n) is 3.40. The van der Waals surface area contributed by atoms with Crippen LogP contribution in [-0.4, -0.2) is 38.7 Å². The van der Waals surface area contributed by atoms with E-state index in [1.54, 1.807) is 38.3 Å². The molecule has 0 bridgehead atoms. The predicted molar refractivity (Wildman–Crippen MR) is 88.0 cm³/mol. The lowest BCUT2D eigenvalue weighted by Crippen LogP contribution is -2.31. The molecule has 0 aliphatic carbocycles. The van der Waals surface area contributed by atoms with Crippen molar-refractivity contribution < 1.29 is 19.0 Å². The highest BCUT2D eigenvalue weighted by atomic mass is 16.5. The summed E-state index contributed by atoms with van der Waals surface area (Å²) in [5.41, 5.74) is 0.998. The Bertz CT molecular complexity index is 657. The van der Waals surface area contributed by atoms with Gasteiger partial charge in [-0.05, 0) is 29.8 Å². The minimum absolute atomic E-state index is 0.0408. The summed E-state index contributed by atoms with van der Waals surface area (Å²) in [6, 6.07) is 14.9. The Morgan fingerprint density at radius 2 is 1.74 bits per heavy atom. The van der Waals surface area contributed by atoms with Gasteiger partial charge in [0, 0.05) is 13.6 Å². The van der Waals surface area contributed by atoms with Gasteiger partial charge in [0.25, 0.3) is 5.91 Å². The van der Waals surface area contributed by atoms with Gasteiger partial charge in [-0.1, -0.05) is 24.3 Å². The molecule has 0 atom stereocenters. The van der Waals surface area contributed by atoms with E-state index in [4.69, 9.17) is 14.2 Å². The van der Waals surface area contributed by atoms with Crippen LogP contribution in [0, 0.1) is 0 Å². The van der Waals surface area contributed by atoms with Crippen LogP contribution in [0.2, 0.25) is 0 Å². The molecule has 2 aromatic carbocycles. The zero-order valence-electron chi connectivity index (χ0n) is 13.6. The average Bonchev–Trinajstić information content (AvgIpc) is 2.59. The molecule has 0 radical (unpaired) electrons. The number of para-hydroxylation sites is 2. The molecule has 2 aromatic rings. The van der Waals surface area contributed by atoms with Crippen molar-refractivity contribution in [3.8, 4) is 17.2 Å². The normalized spacial score (nSPS) is 10.0. The van der Waals surface area contributed by atoms with Gasteiger partial charge in [0.2, 0.25) is 0 Å². The summed E-state index contributed by atoms with van der Waals surface area (Å²) < 4.78 is 15.9. The molecule has 0 spiro atoms. The van der Waals surface area contributed by atoms with Crippen molar-refractivity contribution in [2.45, 2.75) is 6.54 Å². The van der Waals surface area contributed by atoms with Crippen molar-refractivity contribution in [3.05, 3.63) is 54.1 Å². The summed E-state index contributed by atoms with van der Waals surface area (Å²) in [6.45, 7) is 0.451. The molecule has 0 heterocycles. The third-order valence-corrected chi connectivity index (χ3v) is 3.40. The van der Waals surface area contributed by atoms with Crippen molar-refractivity contribution in [1.29, 1.82) is 0 Å². The first-order valence-corrected chi connectivity index (χ1v) is 7.26. The Labute approximate surface area is 136 Å². The fourth-order valence-electron chi connectivity index (χ4n) is 2.12. The zero-order valence-corrected chi connectivity index (χ0v) is 13.6. The SMILES string of the molecule is COc1cccc(CN(C)C(=O)COc2ccccc2OC)c1. The highest BCUT2D eigenvalue weighted by molar-refractivity contribution is 5.77. The molecule has 5 heteroatoms. The molecule has 0 aromatic heterocycles. The van der Waals surface area contributed by atoms with Crippen molar-refractivity contribution in [2.75, 3.05) is 27.9 Å². The van der Waals surface area contributed by atoms with Crippen molar-refractivity contribution in [2.24, 2.45) is 0 Å². The summed E-state index contributed by atoms with van der Waals surface area (Å²) in [4.78, 5) is 13.8. The van der Waals surface area contributed by atoms with Crippen LogP contribution in [0.5, 0.6) is 17.2 Å². The number of ether oxygens (including phenoxy) is 3. The van der Waals surface area contributed by atoms with Crippen LogP contribution in [0.15, 0.2) is 48.5 Å². The maximum atomic E-state index is 12.2. The first-order valence-electron chi connectivity index (χ1n) is 7.26. The van der Waals surface area contributed by atoms with Gasteiger partial charge in [0.1, 0.15) is 5.75 Å². The molecule has 0 aliphatic heterocycles. The van der Waals surface area contributed by atoms with Gasteiger partial charge in [-0.15, -0.1) is 0 Å². The third kappa shape index (κ3) is 4.64. The Balaban J connectivity index is 1.92. The largest absolute Gasteiger partial charge is 0.497 e. The van der Waals surface area contributed by atoms with Crippen molar-refractivity contribution in [3.63, 3.8) is 0 Å². The van der Waals surface area contributed by atoms with Crippen LogP contribution in [0.4, 0.5) is 0 Å². The molecule has 0 saturated heterocycles. The molecule has 0 fully saturated rings. The Morgan fingerprint density at radius 1 is 1.00 bits per heavy atom. The second kappa shape index (κ2) is 8.08. The predicted octanol–water partition coefficient (Wildman–Crippen LogP) is 2.74. The molecular formula is C18H21NO4. The minimum atomic E-state index is -0.112. The first kappa shape index (κ1) is 16.7. The van der Waals surface area contributed by atoms with Gasteiger partial charge in [0.05, 0.1) is 14.2 Å². The minimum Gasteiger partial charge on any atom is -0.497 e. The molecule has 2 rings (SSSR count). The van der Waals surface area contributed by atoms with E-state index in [1.165, 1.54) is 0 Å². The fourth-order valence-corrected chi connectivity index (χ4v) is 2.12. The van der Waals surface area contributed by atoms with E-state index in [2.05, 4.69) is 0 Å². The molecular weight excluding hydrogens is 294 g/mol. The smallest absolute Gasteiger partial charge is 0.260 e. The summed E-state index contributed by atoms with van der Waals surface area (Å²) in [5, 5.41) is 0. The number of nitrogens with zero attached hydrogens (tertiary/aromatic N) is 1. The molecule has 0 unspecified atom stereocenters. The topological polar surface area (TPSA) is 48.0 Å². The van der Waals surface area contributed by atoms with Gasteiger partial charge in [-0.3, -0.25) is 4.79 Å². The van der Waals surface area contributed by atoms with Gasteiger partial charge in [-0.25, -0.2) is 0 Å². The quantitative estimate of drug-likeness (QED) is 0.788. The van der Waals surface area contributed by atoms with E-state index < -0.39 is 0 Å². The van der Waals surface area contributed by atoms with Crippen molar-refractivity contribution in [1.82, 2.24) is 4.90 Å². The fraction of sp³-hybridized carbons (Fsp3) is 0.278. The van der Waals surface area contributed by atoms with E-state index in [1.807, 2.05) is 36.4 Å². The van der Waals surface area contributed by atoms with Crippen LogP contribution in [-0.2, 0) is 11.3 Å². The van der Waals surface area contributed by atoms with Crippen LogP contribution in [0.3, 0.4) is 0 Å².